The van der Waals surface area contributed by atoms with Crippen molar-refractivity contribution < 1.29 is 9.90 Å². The van der Waals surface area contributed by atoms with E-state index in [1.165, 1.54) is 30.2 Å². The van der Waals surface area contributed by atoms with E-state index in [9.17, 15) is 4.79 Å². The highest BCUT2D eigenvalue weighted by molar-refractivity contribution is 7.99. The first-order valence-corrected chi connectivity index (χ1v) is 9.26. The van der Waals surface area contributed by atoms with Crippen molar-refractivity contribution in [3.8, 4) is 0 Å². The molecule has 1 atom stereocenters. The normalized spacial score (nSPS) is 17.8. The van der Waals surface area contributed by atoms with Crippen LogP contribution in [-0.2, 0) is 10.2 Å². The Bertz CT molecular complexity index is 681. The van der Waals surface area contributed by atoms with Gasteiger partial charge in [0.1, 0.15) is 6.04 Å². The average molecular weight is 333 g/mol. The molecule has 0 radical (unpaired) electrons. The Balaban J connectivity index is 1.55. The molecule has 0 amide bonds. The first-order valence-electron chi connectivity index (χ1n) is 8.10. The van der Waals surface area contributed by atoms with Crippen molar-refractivity contribution in [1.82, 2.24) is 10.2 Å². The lowest BCUT2D eigenvalue weighted by Crippen LogP contribution is -2.35. The molecule has 2 aromatic rings. The third-order valence-corrected chi connectivity index (χ3v) is 6.00. The molecule has 1 aromatic heterocycles. The lowest BCUT2D eigenvalue weighted by atomic mass is 9.63. The van der Waals surface area contributed by atoms with E-state index in [1.807, 2.05) is 18.0 Å². The maximum Gasteiger partial charge on any atom is 0.320 e. The third kappa shape index (κ3) is 3.53. The predicted molar refractivity (Wildman–Crippen MR) is 93.8 cm³/mol. The van der Waals surface area contributed by atoms with Gasteiger partial charge in [-0.15, -0.1) is 0 Å². The number of rotatable bonds is 8. The lowest BCUT2D eigenvalue weighted by Gasteiger charge is -2.43. The molecule has 124 valence electrons. The molecule has 1 heterocycles. The Morgan fingerprint density at radius 3 is 2.96 bits per heavy atom. The van der Waals surface area contributed by atoms with Gasteiger partial charge in [-0.05, 0) is 60.3 Å². The number of carboxylic acid groups (broad SMARTS) is 1. The van der Waals surface area contributed by atoms with Crippen LogP contribution in [0.1, 0.15) is 37.7 Å². The molecule has 1 aliphatic rings. The highest BCUT2D eigenvalue weighted by atomic mass is 32.2. The van der Waals surface area contributed by atoms with Crippen LogP contribution in [0, 0.1) is 0 Å². The van der Waals surface area contributed by atoms with Crippen LogP contribution in [0.25, 0.3) is 10.9 Å². The van der Waals surface area contributed by atoms with E-state index in [1.54, 1.807) is 0 Å². The number of fused-ring (bicyclic) bond motifs is 1. The molecule has 6 heteroatoms. The number of hydrogen-bond acceptors (Lipinski definition) is 4. The summed E-state index contributed by atoms with van der Waals surface area (Å²) in [6.45, 7) is 0. The van der Waals surface area contributed by atoms with Gasteiger partial charge in [-0.25, -0.2) is 0 Å². The van der Waals surface area contributed by atoms with Crippen LogP contribution in [0.2, 0.25) is 0 Å². The number of aromatic amines is 1. The molecule has 0 saturated heterocycles. The highest BCUT2D eigenvalue weighted by Crippen LogP contribution is 2.47. The van der Waals surface area contributed by atoms with Crippen LogP contribution in [0.15, 0.2) is 24.4 Å². The monoisotopic (exact) mass is 333 g/mol. The number of thioether (sulfide) groups is 1. The Morgan fingerprint density at radius 2 is 2.26 bits per heavy atom. The summed E-state index contributed by atoms with van der Waals surface area (Å²) in [5.41, 5.74) is 8.33. The van der Waals surface area contributed by atoms with Crippen molar-refractivity contribution in [2.24, 2.45) is 5.73 Å². The summed E-state index contributed by atoms with van der Waals surface area (Å²) in [5.74, 6) is 0.953. The Morgan fingerprint density at radius 1 is 1.43 bits per heavy atom. The molecule has 1 aromatic carbocycles. The summed E-state index contributed by atoms with van der Waals surface area (Å²) >= 11 is 1.81. The van der Waals surface area contributed by atoms with Gasteiger partial charge in [0.2, 0.25) is 0 Å². The van der Waals surface area contributed by atoms with Gasteiger partial charge < -0.3 is 10.8 Å². The van der Waals surface area contributed by atoms with Gasteiger partial charge in [-0.3, -0.25) is 9.89 Å². The Labute approximate surface area is 140 Å². The zero-order valence-corrected chi connectivity index (χ0v) is 13.9. The number of benzene rings is 1. The minimum Gasteiger partial charge on any atom is -0.480 e. The first kappa shape index (κ1) is 16.3. The van der Waals surface area contributed by atoms with Crippen LogP contribution in [0.5, 0.6) is 0 Å². The van der Waals surface area contributed by atoms with Gasteiger partial charge >= 0.3 is 5.97 Å². The van der Waals surface area contributed by atoms with Crippen LogP contribution < -0.4 is 5.73 Å². The second-order valence-corrected chi connectivity index (χ2v) is 7.63. The molecule has 1 aliphatic carbocycles. The summed E-state index contributed by atoms with van der Waals surface area (Å²) in [4.78, 5) is 10.7. The quantitative estimate of drug-likeness (QED) is 0.646. The standard InChI is InChI=1S/C17H23N3O2S/c18-14(16(21)22)4-8-23-9-7-17(5-1-6-17)13-2-3-15-12(10-13)11-19-20-15/h2-3,10-11,14H,1,4-9,18H2,(H,19,20)(H,21,22). The summed E-state index contributed by atoms with van der Waals surface area (Å²) in [6, 6.07) is 5.88. The van der Waals surface area contributed by atoms with Gasteiger partial charge in [0, 0.05) is 5.39 Å². The fourth-order valence-corrected chi connectivity index (χ4v) is 4.42. The van der Waals surface area contributed by atoms with Crippen molar-refractivity contribution in [3.63, 3.8) is 0 Å². The number of nitrogens with two attached hydrogens (primary N) is 1. The molecular formula is C17H23N3O2S. The lowest BCUT2D eigenvalue weighted by molar-refractivity contribution is -0.138. The van der Waals surface area contributed by atoms with Gasteiger partial charge in [-0.1, -0.05) is 12.5 Å². The third-order valence-electron chi connectivity index (χ3n) is 4.98. The van der Waals surface area contributed by atoms with Crippen molar-refractivity contribution in [2.45, 2.75) is 43.6 Å². The number of carbonyl (C=O) groups is 1. The summed E-state index contributed by atoms with van der Waals surface area (Å²) in [6.07, 6.45) is 7.33. The van der Waals surface area contributed by atoms with E-state index in [0.717, 1.165) is 23.4 Å². The van der Waals surface area contributed by atoms with Crippen molar-refractivity contribution >= 4 is 28.6 Å². The van der Waals surface area contributed by atoms with Gasteiger partial charge in [0.15, 0.2) is 0 Å². The summed E-state index contributed by atoms with van der Waals surface area (Å²) in [5, 5.41) is 17.1. The topological polar surface area (TPSA) is 92.0 Å². The Hall–Kier alpha value is -1.53. The number of carboxylic acids is 1. The fraction of sp³-hybridized carbons (Fsp3) is 0.529. The van der Waals surface area contributed by atoms with Gasteiger partial charge in [-0.2, -0.15) is 16.9 Å². The van der Waals surface area contributed by atoms with E-state index in [4.69, 9.17) is 10.8 Å². The first-order chi connectivity index (χ1) is 11.1. The Kier molecular flexibility index (Phi) is 4.92. The molecule has 0 bridgehead atoms. The number of aromatic nitrogens is 2. The second-order valence-electron chi connectivity index (χ2n) is 6.40. The van der Waals surface area contributed by atoms with E-state index in [-0.39, 0.29) is 0 Å². The number of hydrogen-bond donors (Lipinski definition) is 3. The SMILES string of the molecule is NC(CCSCCC1(c2ccc3[nH]ncc3c2)CCC1)C(=O)O. The van der Waals surface area contributed by atoms with Crippen molar-refractivity contribution in [2.75, 3.05) is 11.5 Å². The average Bonchev–Trinajstić information content (AvgIpc) is 2.96. The van der Waals surface area contributed by atoms with Crippen LogP contribution in [-0.4, -0.2) is 38.8 Å². The van der Waals surface area contributed by atoms with Crippen LogP contribution in [0.4, 0.5) is 0 Å². The largest absolute Gasteiger partial charge is 0.480 e. The number of aliphatic carboxylic acids is 1. The van der Waals surface area contributed by atoms with Gasteiger partial charge in [0.25, 0.3) is 0 Å². The zero-order chi connectivity index (χ0) is 16.3. The number of nitrogens with one attached hydrogen (secondary N) is 1. The number of nitrogens with zero attached hydrogens (tertiary/aromatic N) is 1. The molecule has 0 aliphatic heterocycles. The van der Waals surface area contributed by atoms with Crippen LogP contribution in [0.3, 0.4) is 0 Å². The summed E-state index contributed by atoms with van der Waals surface area (Å²) in [7, 11) is 0. The zero-order valence-electron chi connectivity index (χ0n) is 13.1. The molecule has 5 nitrogen and oxygen atoms in total. The maximum absolute atomic E-state index is 10.7. The smallest absolute Gasteiger partial charge is 0.320 e. The second kappa shape index (κ2) is 6.93. The molecule has 1 saturated carbocycles. The molecule has 23 heavy (non-hydrogen) atoms. The minimum atomic E-state index is -0.908. The van der Waals surface area contributed by atoms with E-state index < -0.39 is 12.0 Å². The van der Waals surface area contributed by atoms with Crippen molar-refractivity contribution in [3.05, 3.63) is 30.0 Å². The van der Waals surface area contributed by atoms with Crippen LogP contribution >= 0.6 is 11.8 Å². The van der Waals surface area contributed by atoms with Crippen molar-refractivity contribution in [1.29, 1.82) is 0 Å². The molecule has 3 rings (SSSR count). The predicted octanol–water partition coefficient (Wildman–Crippen LogP) is 2.91. The van der Waals surface area contributed by atoms with Gasteiger partial charge in [0.05, 0.1) is 11.7 Å². The molecular weight excluding hydrogens is 310 g/mol. The molecule has 1 unspecified atom stereocenters. The maximum atomic E-state index is 10.7. The van der Waals surface area contributed by atoms with E-state index in [2.05, 4.69) is 28.4 Å². The number of H-pyrrole nitrogens is 1. The molecule has 4 N–H and O–H groups in total. The van der Waals surface area contributed by atoms with E-state index >= 15 is 0 Å². The molecule has 0 spiro atoms. The molecule has 1 fully saturated rings. The highest BCUT2D eigenvalue weighted by Gasteiger charge is 2.38. The fourth-order valence-electron chi connectivity index (χ4n) is 3.26. The minimum absolute atomic E-state index is 0.299. The van der Waals surface area contributed by atoms with E-state index in [0.29, 0.717) is 11.8 Å². The summed E-state index contributed by atoms with van der Waals surface area (Å²) < 4.78 is 0.